The lowest BCUT2D eigenvalue weighted by molar-refractivity contribution is 0.198. The Morgan fingerprint density at radius 1 is 1.11 bits per heavy atom. The molecule has 0 saturated heterocycles. The predicted molar refractivity (Wildman–Crippen MR) is 111 cm³/mol. The van der Waals surface area contributed by atoms with Crippen LogP contribution in [0.4, 0.5) is 0 Å². The molecule has 4 rings (SSSR count). The molecule has 2 aliphatic rings. The number of para-hydroxylation sites is 2. The summed E-state index contributed by atoms with van der Waals surface area (Å²) in [5.74, 6) is 2.62. The number of aryl methyl sites for hydroxylation is 1. The first-order valence-corrected chi connectivity index (χ1v) is 10.4. The second kappa shape index (κ2) is 8.14. The minimum atomic E-state index is -0.387. The third kappa shape index (κ3) is 4.03. The summed E-state index contributed by atoms with van der Waals surface area (Å²) in [5, 5.41) is 9.53. The topological polar surface area (TPSA) is 64.7 Å². The Bertz CT molecular complexity index is 821. The first-order valence-electron chi connectivity index (χ1n) is 10.4. The summed E-state index contributed by atoms with van der Waals surface area (Å²) in [6.07, 6.45) is 6.18. The average Bonchev–Trinajstić information content (AvgIpc) is 3.14. The lowest BCUT2D eigenvalue weighted by Crippen LogP contribution is -2.40. The molecule has 3 atom stereocenters. The van der Waals surface area contributed by atoms with Gasteiger partial charge >= 0.3 is 0 Å². The standard InChI is InChI=1S/C24H31NO3/c1-27-22-4-2-3-5-23(22)28-15-17-6-7-19-13-20(9-8-18(19)12-17)21-10-11-24(25,14-21)16-26/h2-5,8-9,13,17,21,26H,6-7,10-12,14-16,25H2,1H3/t17-,21+,24-/m1/s1. The smallest absolute Gasteiger partial charge is 0.161 e. The number of ether oxygens (including phenoxy) is 2. The van der Waals surface area contributed by atoms with E-state index in [2.05, 4.69) is 18.2 Å². The van der Waals surface area contributed by atoms with Gasteiger partial charge in [-0.3, -0.25) is 0 Å². The van der Waals surface area contributed by atoms with Crippen LogP contribution in [0.3, 0.4) is 0 Å². The highest BCUT2D eigenvalue weighted by Gasteiger charge is 2.36. The molecule has 1 saturated carbocycles. The molecule has 28 heavy (non-hydrogen) atoms. The van der Waals surface area contributed by atoms with Gasteiger partial charge in [-0.2, -0.15) is 0 Å². The maximum atomic E-state index is 9.53. The molecule has 0 unspecified atom stereocenters. The second-order valence-corrected chi connectivity index (χ2v) is 8.56. The summed E-state index contributed by atoms with van der Waals surface area (Å²) in [6, 6.07) is 14.8. The number of aliphatic hydroxyl groups excluding tert-OH is 1. The van der Waals surface area contributed by atoms with Crippen LogP contribution in [0.1, 0.15) is 48.3 Å². The Balaban J connectivity index is 1.38. The van der Waals surface area contributed by atoms with E-state index in [0.717, 1.165) is 56.6 Å². The summed E-state index contributed by atoms with van der Waals surface area (Å²) in [5.41, 5.74) is 10.2. The van der Waals surface area contributed by atoms with Crippen LogP contribution in [0.5, 0.6) is 11.5 Å². The van der Waals surface area contributed by atoms with E-state index < -0.39 is 0 Å². The molecular weight excluding hydrogens is 350 g/mol. The van der Waals surface area contributed by atoms with Gasteiger partial charge in [-0.05, 0) is 79.2 Å². The van der Waals surface area contributed by atoms with Crippen molar-refractivity contribution in [1.82, 2.24) is 0 Å². The molecule has 0 spiro atoms. The molecule has 1 fully saturated rings. The SMILES string of the molecule is COc1ccccc1OC[C@@H]1CCc2cc([C@H]3CC[C@](N)(CO)C3)ccc2C1. The predicted octanol–water partition coefficient (Wildman–Crippen LogP) is 3.84. The third-order valence-electron chi connectivity index (χ3n) is 6.53. The summed E-state index contributed by atoms with van der Waals surface area (Å²) >= 11 is 0. The molecule has 0 aromatic heterocycles. The minimum absolute atomic E-state index is 0.0856. The van der Waals surface area contributed by atoms with E-state index in [-0.39, 0.29) is 12.1 Å². The molecular formula is C24H31NO3. The molecule has 150 valence electrons. The molecule has 3 N–H and O–H groups in total. The zero-order valence-electron chi connectivity index (χ0n) is 16.7. The number of fused-ring (bicyclic) bond motifs is 1. The zero-order valence-corrected chi connectivity index (χ0v) is 16.7. The number of aliphatic hydroxyl groups is 1. The average molecular weight is 382 g/mol. The fourth-order valence-electron chi connectivity index (χ4n) is 4.78. The maximum Gasteiger partial charge on any atom is 0.161 e. The Hall–Kier alpha value is -2.04. The van der Waals surface area contributed by atoms with Gasteiger partial charge in [0.05, 0.1) is 20.3 Å². The van der Waals surface area contributed by atoms with Crippen molar-refractivity contribution in [1.29, 1.82) is 0 Å². The Morgan fingerprint density at radius 2 is 1.93 bits per heavy atom. The van der Waals surface area contributed by atoms with E-state index >= 15 is 0 Å². The summed E-state index contributed by atoms with van der Waals surface area (Å²) in [6.45, 7) is 0.804. The van der Waals surface area contributed by atoms with Crippen LogP contribution in [0.2, 0.25) is 0 Å². The molecule has 0 heterocycles. The number of rotatable bonds is 6. The molecule has 4 nitrogen and oxygen atoms in total. The van der Waals surface area contributed by atoms with E-state index in [1.807, 2.05) is 24.3 Å². The molecule has 0 aliphatic heterocycles. The highest BCUT2D eigenvalue weighted by atomic mass is 16.5. The van der Waals surface area contributed by atoms with Gasteiger partial charge in [0, 0.05) is 5.54 Å². The number of hydrogen-bond donors (Lipinski definition) is 2. The largest absolute Gasteiger partial charge is 0.493 e. The number of methoxy groups -OCH3 is 1. The van der Waals surface area contributed by atoms with Crippen LogP contribution < -0.4 is 15.2 Å². The quantitative estimate of drug-likeness (QED) is 0.798. The van der Waals surface area contributed by atoms with Crippen molar-refractivity contribution in [3.63, 3.8) is 0 Å². The number of nitrogens with two attached hydrogens (primary N) is 1. The highest BCUT2D eigenvalue weighted by Crippen LogP contribution is 2.40. The lowest BCUT2D eigenvalue weighted by Gasteiger charge is -2.26. The van der Waals surface area contributed by atoms with Gasteiger partial charge in [-0.1, -0.05) is 30.3 Å². The van der Waals surface area contributed by atoms with Crippen molar-refractivity contribution >= 4 is 0 Å². The molecule has 2 aliphatic carbocycles. The van der Waals surface area contributed by atoms with Gasteiger partial charge in [-0.25, -0.2) is 0 Å². The van der Waals surface area contributed by atoms with E-state index in [9.17, 15) is 5.11 Å². The minimum Gasteiger partial charge on any atom is -0.493 e. The van der Waals surface area contributed by atoms with E-state index in [0.29, 0.717) is 11.8 Å². The van der Waals surface area contributed by atoms with Crippen LogP contribution in [0.15, 0.2) is 42.5 Å². The Kier molecular flexibility index (Phi) is 5.61. The van der Waals surface area contributed by atoms with Gasteiger partial charge in [0.2, 0.25) is 0 Å². The van der Waals surface area contributed by atoms with Crippen molar-refractivity contribution in [2.75, 3.05) is 20.3 Å². The van der Waals surface area contributed by atoms with Crippen molar-refractivity contribution in [2.45, 2.75) is 50.0 Å². The number of benzene rings is 2. The summed E-state index contributed by atoms with van der Waals surface area (Å²) in [7, 11) is 1.68. The second-order valence-electron chi connectivity index (χ2n) is 8.56. The number of hydrogen-bond acceptors (Lipinski definition) is 4. The van der Waals surface area contributed by atoms with Crippen molar-refractivity contribution in [3.8, 4) is 11.5 Å². The Labute approximate surface area is 167 Å². The maximum absolute atomic E-state index is 9.53. The zero-order chi connectivity index (χ0) is 19.6. The highest BCUT2D eigenvalue weighted by molar-refractivity contribution is 5.39. The van der Waals surface area contributed by atoms with Gasteiger partial charge in [-0.15, -0.1) is 0 Å². The van der Waals surface area contributed by atoms with Crippen LogP contribution in [0, 0.1) is 5.92 Å². The Morgan fingerprint density at radius 3 is 2.68 bits per heavy atom. The van der Waals surface area contributed by atoms with Gasteiger partial charge < -0.3 is 20.3 Å². The van der Waals surface area contributed by atoms with E-state index in [4.69, 9.17) is 15.2 Å². The van der Waals surface area contributed by atoms with Crippen LogP contribution in [-0.4, -0.2) is 31.0 Å². The molecule has 2 aromatic carbocycles. The van der Waals surface area contributed by atoms with E-state index in [1.54, 1.807) is 7.11 Å². The third-order valence-corrected chi connectivity index (χ3v) is 6.53. The van der Waals surface area contributed by atoms with Crippen LogP contribution >= 0.6 is 0 Å². The van der Waals surface area contributed by atoms with E-state index in [1.165, 1.54) is 16.7 Å². The molecule has 0 radical (unpaired) electrons. The van der Waals surface area contributed by atoms with Crippen LogP contribution in [0.25, 0.3) is 0 Å². The first-order chi connectivity index (χ1) is 13.6. The lowest BCUT2D eigenvalue weighted by atomic mass is 9.82. The summed E-state index contributed by atoms with van der Waals surface area (Å²) < 4.78 is 11.4. The van der Waals surface area contributed by atoms with Crippen molar-refractivity contribution in [2.24, 2.45) is 11.7 Å². The summed E-state index contributed by atoms with van der Waals surface area (Å²) in [4.78, 5) is 0. The van der Waals surface area contributed by atoms with Crippen LogP contribution in [-0.2, 0) is 12.8 Å². The first kappa shape index (κ1) is 19.3. The van der Waals surface area contributed by atoms with Gasteiger partial charge in [0.1, 0.15) is 0 Å². The monoisotopic (exact) mass is 381 g/mol. The van der Waals surface area contributed by atoms with Crippen molar-refractivity contribution in [3.05, 3.63) is 59.2 Å². The molecule has 0 amide bonds. The molecule has 4 heteroatoms. The van der Waals surface area contributed by atoms with Gasteiger partial charge in [0.15, 0.2) is 11.5 Å². The normalized spacial score (nSPS) is 26.7. The molecule has 0 bridgehead atoms. The van der Waals surface area contributed by atoms with Crippen molar-refractivity contribution < 1.29 is 14.6 Å². The fraction of sp³-hybridized carbons (Fsp3) is 0.500. The van der Waals surface area contributed by atoms with Gasteiger partial charge in [0.25, 0.3) is 0 Å². The fourth-order valence-corrected chi connectivity index (χ4v) is 4.78. The molecule has 2 aromatic rings.